The van der Waals surface area contributed by atoms with Crippen molar-refractivity contribution in [3.8, 4) is 6.19 Å². The fourth-order valence-electron chi connectivity index (χ4n) is 5.80. The van der Waals surface area contributed by atoms with Crippen LogP contribution in [0.2, 0.25) is 0 Å². The number of aryl methyl sites for hydroxylation is 2. The summed E-state index contributed by atoms with van der Waals surface area (Å²) in [7, 11) is -3.28. The summed E-state index contributed by atoms with van der Waals surface area (Å²) in [5.74, 6) is 4.24. The molecule has 0 bridgehead atoms. The number of benzene rings is 1. The smallest absolute Gasteiger partial charge is 0.307 e. The van der Waals surface area contributed by atoms with Gasteiger partial charge in [0.15, 0.2) is 9.92 Å². The van der Waals surface area contributed by atoms with E-state index in [1.165, 1.54) is 39.2 Å². The largest absolute Gasteiger partial charge is 0.331 e. The van der Waals surface area contributed by atoms with Crippen molar-refractivity contribution in [2.24, 2.45) is 22.1 Å². The van der Waals surface area contributed by atoms with Gasteiger partial charge in [-0.05, 0) is 103 Å². The number of carbonyl (C=O) groups is 1. The lowest BCUT2D eigenvalue weighted by molar-refractivity contribution is 0.257. The molecule has 3 unspecified atom stereocenters. The molecule has 31 heavy (non-hydrogen) atoms. The number of hydrogen-bond donors (Lipinski definition) is 2. The number of allylic oxidation sites excluding steroid dienone is 1. The first-order chi connectivity index (χ1) is 15.0. The fraction of sp³-hybridized carbons (Fsp3) is 0.565. The van der Waals surface area contributed by atoms with Crippen LogP contribution in [0.25, 0.3) is 0 Å². The number of nitrogens with one attached hydrogen (secondary N) is 2. The van der Waals surface area contributed by atoms with Crippen LogP contribution >= 0.6 is 11.8 Å². The number of nitriles is 1. The Bertz CT molecular complexity index is 1050. The molecule has 1 aromatic carbocycles. The summed E-state index contributed by atoms with van der Waals surface area (Å²) in [5, 5.41) is 13.5. The summed E-state index contributed by atoms with van der Waals surface area (Å²) >= 11 is 2.02. The Morgan fingerprint density at radius 3 is 2.39 bits per heavy atom. The SMILES string of the molecule is N#CN=S(=O)(/C=C/C1CC2CSCC2C1)NC(=O)Nc1c2c(cc3c1CCC3)CCC2. The Hall–Kier alpha value is -1.98. The molecule has 164 valence electrons. The molecule has 4 aliphatic rings. The van der Waals surface area contributed by atoms with Gasteiger partial charge in [0, 0.05) is 11.1 Å². The summed E-state index contributed by atoms with van der Waals surface area (Å²) < 4.78 is 19.3. The maximum Gasteiger partial charge on any atom is 0.331 e. The Kier molecular flexibility index (Phi) is 5.74. The van der Waals surface area contributed by atoms with E-state index >= 15 is 0 Å². The van der Waals surface area contributed by atoms with Crippen LogP contribution in [0.1, 0.15) is 47.9 Å². The topological polar surface area (TPSA) is 94.3 Å². The molecule has 8 heteroatoms. The standard InChI is InChI=1S/C23H28N4O2S2/c24-14-25-31(29,8-7-15-9-18-12-30-13-19(18)10-15)27-23(28)26-22-20-5-1-3-16(20)11-17-4-2-6-21(17)22/h7-8,11,15,18-19H,1-6,9-10,12-13H2,(H2,25,26,27,28,29)/b8-7+. The van der Waals surface area contributed by atoms with E-state index in [-0.39, 0.29) is 0 Å². The highest BCUT2D eigenvalue weighted by atomic mass is 32.2. The maximum absolute atomic E-state index is 13.2. The zero-order chi connectivity index (χ0) is 21.4. The van der Waals surface area contributed by atoms with E-state index in [1.807, 2.05) is 17.8 Å². The van der Waals surface area contributed by atoms with Crippen molar-refractivity contribution in [3.05, 3.63) is 39.8 Å². The van der Waals surface area contributed by atoms with Crippen LogP contribution in [0, 0.1) is 29.2 Å². The lowest BCUT2D eigenvalue weighted by atomic mass is 9.99. The van der Waals surface area contributed by atoms with E-state index in [9.17, 15) is 9.00 Å². The van der Waals surface area contributed by atoms with Crippen molar-refractivity contribution >= 4 is 33.4 Å². The molecular weight excluding hydrogens is 428 g/mol. The molecule has 0 radical (unpaired) electrons. The van der Waals surface area contributed by atoms with Crippen LogP contribution in [0.3, 0.4) is 0 Å². The van der Waals surface area contributed by atoms with Crippen LogP contribution in [-0.4, -0.2) is 21.7 Å². The number of thioether (sulfide) groups is 1. The highest BCUT2D eigenvalue weighted by Gasteiger charge is 2.36. The van der Waals surface area contributed by atoms with Crippen molar-refractivity contribution in [3.63, 3.8) is 0 Å². The molecule has 5 rings (SSSR count). The Labute approximate surface area is 188 Å². The first kappa shape index (κ1) is 20.9. The van der Waals surface area contributed by atoms with E-state index in [0.29, 0.717) is 5.92 Å². The van der Waals surface area contributed by atoms with Gasteiger partial charge in [-0.1, -0.05) is 16.5 Å². The van der Waals surface area contributed by atoms with Gasteiger partial charge in [-0.15, -0.1) is 0 Å². The number of urea groups is 1. The first-order valence-corrected chi connectivity index (χ1v) is 13.9. The van der Waals surface area contributed by atoms with Gasteiger partial charge in [-0.3, -0.25) is 0 Å². The molecule has 1 aromatic rings. The van der Waals surface area contributed by atoms with Gasteiger partial charge in [0.05, 0.1) is 0 Å². The van der Waals surface area contributed by atoms with Crippen LogP contribution in [0.15, 0.2) is 21.9 Å². The van der Waals surface area contributed by atoms with E-state index in [4.69, 9.17) is 5.26 Å². The number of hydrogen-bond acceptors (Lipinski definition) is 5. The first-order valence-electron chi connectivity index (χ1n) is 11.2. The number of nitrogens with zero attached hydrogens (tertiary/aromatic N) is 2. The summed E-state index contributed by atoms with van der Waals surface area (Å²) in [4.78, 5) is 12.9. The molecule has 1 saturated heterocycles. The second-order valence-corrected chi connectivity index (χ2v) is 12.0. The molecule has 0 spiro atoms. The summed E-state index contributed by atoms with van der Waals surface area (Å²) in [6.45, 7) is 0. The lowest BCUT2D eigenvalue weighted by Crippen LogP contribution is -2.33. The normalized spacial score (nSPS) is 27.9. The Balaban J connectivity index is 1.32. The minimum absolute atomic E-state index is 0.344. The number of carbonyl (C=O) groups excluding carboxylic acids is 1. The van der Waals surface area contributed by atoms with Gasteiger partial charge in [0.1, 0.15) is 0 Å². The second kappa shape index (κ2) is 8.51. The number of anilines is 1. The van der Waals surface area contributed by atoms with Crippen molar-refractivity contribution in [1.29, 1.82) is 5.26 Å². The predicted octanol–water partition coefficient (Wildman–Crippen LogP) is 4.55. The number of amides is 2. The third-order valence-electron chi connectivity index (χ3n) is 7.20. The fourth-order valence-corrected chi connectivity index (χ4v) is 8.41. The minimum atomic E-state index is -3.28. The van der Waals surface area contributed by atoms with Gasteiger partial charge in [-0.2, -0.15) is 17.0 Å². The third-order valence-corrected chi connectivity index (χ3v) is 9.89. The van der Waals surface area contributed by atoms with Crippen LogP contribution in [-0.2, 0) is 35.6 Å². The van der Waals surface area contributed by atoms with Gasteiger partial charge in [-0.25, -0.2) is 13.7 Å². The number of fused-ring (bicyclic) bond motifs is 3. The van der Waals surface area contributed by atoms with Gasteiger partial charge in [0.2, 0.25) is 6.19 Å². The van der Waals surface area contributed by atoms with Crippen molar-refractivity contribution in [2.75, 3.05) is 16.8 Å². The molecule has 6 nitrogen and oxygen atoms in total. The average Bonchev–Trinajstić information content (AvgIpc) is 3.49. The maximum atomic E-state index is 13.2. The molecule has 1 aliphatic heterocycles. The molecule has 2 amide bonds. The molecule has 1 heterocycles. The highest BCUT2D eigenvalue weighted by Crippen LogP contribution is 2.45. The highest BCUT2D eigenvalue weighted by molar-refractivity contribution is 7.99. The van der Waals surface area contributed by atoms with Crippen molar-refractivity contribution in [2.45, 2.75) is 51.4 Å². The molecule has 2 fully saturated rings. The monoisotopic (exact) mass is 456 g/mol. The zero-order valence-corrected chi connectivity index (χ0v) is 19.2. The molecule has 3 aliphatic carbocycles. The van der Waals surface area contributed by atoms with Crippen LogP contribution in [0.5, 0.6) is 0 Å². The van der Waals surface area contributed by atoms with Crippen molar-refractivity contribution < 1.29 is 9.00 Å². The van der Waals surface area contributed by atoms with Gasteiger partial charge < -0.3 is 5.32 Å². The van der Waals surface area contributed by atoms with E-state index in [1.54, 1.807) is 6.19 Å². The molecule has 3 atom stereocenters. The Morgan fingerprint density at radius 2 is 1.77 bits per heavy atom. The molecule has 1 saturated carbocycles. The second-order valence-electron chi connectivity index (χ2n) is 9.17. The van der Waals surface area contributed by atoms with E-state index in [0.717, 1.165) is 68.9 Å². The summed E-state index contributed by atoms with van der Waals surface area (Å²) in [5.41, 5.74) is 5.96. The predicted molar refractivity (Wildman–Crippen MR) is 125 cm³/mol. The molecular formula is C23H28N4O2S2. The van der Waals surface area contributed by atoms with E-state index in [2.05, 4.69) is 20.5 Å². The third kappa shape index (κ3) is 4.22. The van der Waals surface area contributed by atoms with E-state index < -0.39 is 15.9 Å². The average molecular weight is 457 g/mol. The van der Waals surface area contributed by atoms with Gasteiger partial charge in [0.25, 0.3) is 0 Å². The van der Waals surface area contributed by atoms with Crippen LogP contribution in [0.4, 0.5) is 10.5 Å². The Morgan fingerprint density at radius 1 is 1.13 bits per heavy atom. The molecule has 2 N–H and O–H groups in total. The number of rotatable bonds is 4. The zero-order valence-electron chi connectivity index (χ0n) is 17.6. The minimum Gasteiger partial charge on any atom is -0.307 e. The quantitative estimate of drug-likeness (QED) is 0.650. The lowest BCUT2D eigenvalue weighted by Gasteiger charge is -2.17. The van der Waals surface area contributed by atoms with Crippen LogP contribution < -0.4 is 10.0 Å². The summed E-state index contributed by atoms with van der Waals surface area (Å²) in [6.07, 6.45) is 11.9. The summed E-state index contributed by atoms with van der Waals surface area (Å²) in [6, 6.07) is 1.75. The van der Waals surface area contributed by atoms with Gasteiger partial charge >= 0.3 is 6.03 Å². The molecule has 0 aromatic heterocycles. The van der Waals surface area contributed by atoms with Crippen molar-refractivity contribution in [1.82, 2.24) is 4.72 Å².